The third-order valence-corrected chi connectivity index (χ3v) is 4.88. The van der Waals surface area contributed by atoms with Crippen LogP contribution >= 0.6 is 11.6 Å². The van der Waals surface area contributed by atoms with Crippen molar-refractivity contribution in [3.8, 4) is 0 Å². The molecule has 24 heavy (non-hydrogen) atoms. The van der Waals surface area contributed by atoms with Gasteiger partial charge >= 0.3 is 0 Å². The van der Waals surface area contributed by atoms with Crippen molar-refractivity contribution in [2.75, 3.05) is 31.1 Å². The van der Waals surface area contributed by atoms with E-state index in [1.54, 1.807) is 0 Å². The molecule has 1 saturated carbocycles. The van der Waals surface area contributed by atoms with E-state index >= 15 is 0 Å². The first-order valence-electron chi connectivity index (χ1n) is 8.32. The number of anilines is 1. The topological polar surface area (TPSA) is 49.3 Å². The van der Waals surface area contributed by atoms with Crippen molar-refractivity contribution < 1.29 is 4.79 Å². The first-order valence-corrected chi connectivity index (χ1v) is 8.70. The van der Waals surface area contributed by atoms with Crippen LogP contribution in [-0.2, 0) is 0 Å². The summed E-state index contributed by atoms with van der Waals surface area (Å²) in [4.78, 5) is 25.3. The molecule has 5 nitrogen and oxygen atoms in total. The Hall–Kier alpha value is -2.14. The van der Waals surface area contributed by atoms with Gasteiger partial charge in [0.05, 0.1) is 0 Å². The molecule has 0 N–H and O–H groups in total. The highest BCUT2D eigenvalue weighted by Crippen LogP contribution is 2.38. The highest BCUT2D eigenvalue weighted by atomic mass is 35.5. The highest BCUT2D eigenvalue weighted by molar-refractivity contribution is 6.30. The molecule has 2 fully saturated rings. The Labute approximate surface area is 146 Å². The number of halogens is 1. The maximum Gasteiger partial charge on any atom is 0.272 e. The number of nitrogens with zero attached hydrogens (tertiary/aromatic N) is 4. The molecule has 1 aromatic heterocycles. The normalized spacial score (nSPS) is 17.9. The number of benzene rings is 1. The van der Waals surface area contributed by atoms with Gasteiger partial charge in [-0.25, -0.2) is 9.97 Å². The van der Waals surface area contributed by atoms with Crippen LogP contribution in [0.2, 0.25) is 5.02 Å². The van der Waals surface area contributed by atoms with Crippen LogP contribution in [0.4, 0.5) is 5.69 Å². The predicted molar refractivity (Wildman–Crippen MR) is 93.6 cm³/mol. The number of carbonyl (C=O) groups excluding carboxylic acids is 1. The Morgan fingerprint density at radius 3 is 2.58 bits per heavy atom. The largest absolute Gasteiger partial charge is 0.368 e. The average Bonchev–Trinajstić information content (AvgIpc) is 3.47. The van der Waals surface area contributed by atoms with E-state index < -0.39 is 0 Å². The Morgan fingerprint density at radius 2 is 1.88 bits per heavy atom. The zero-order chi connectivity index (χ0) is 16.5. The predicted octanol–water partition coefficient (Wildman–Crippen LogP) is 2.97. The monoisotopic (exact) mass is 342 g/mol. The number of amides is 1. The van der Waals surface area contributed by atoms with Crippen molar-refractivity contribution in [2.45, 2.75) is 18.8 Å². The van der Waals surface area contributed by atoms with E-state index in [0.29, 0.717) is 24.7 Å². The van der Waals surface area contributed by atoms with Gasteiger partial charge in [-0.3, -0.25) is 4.79 Å². The SMILES string of the molecule is O=C(c1cc(C2CC2)ncn1)N1CCN(c2cccc(Cl)c2)CC1. The molecule has 0 unspecified atom stereocenters. The van der Waals surface area contributed by atoms with Crippen LogP contribution in [0.25, 0.3) is 0 Å². The third kappa shape index (κ3) is 3.22. The maximum absolute atomic E-state index is 12.7. The van der Waals surface area contributed by atoms with E-state index in [-0.39, 0.29) is 5.91 Å². The molecule has 124 valence electrons. The smallest absolute Gasteiger partial charge is 0.272 e. The molecule has 1 aliphatic heterocycles. The molecule has 0 atom stereocenters. The molecule has 0 bridgehead atoms. The fraction of sp³-hybridized carbons (Fsp3) is 0.389. The van der Waals surface area contributed by atoms with Gasteiger partial charge in [0.1, 0.15) is 12.0 Å². The second-order valence-electron chi connectivity index (χ2n) is 6.36. The Bertz CT molecular complexity index is 754. The molecule has 0 spiro atoms. The number of hydrogen-bond donors (Lipinski definition) is 0. The maximum atomic E-state index is 12.7. The number of aromatic nitrogens is 2. The van der Waals surface area contributed by atoms with Crippen molar-refractivity contribution in [1.29, 1.82) is 0 Å². The van der Waals surface area contributed by atoms with Crippen LogP contribution in [0.15, 0.2) is 36.7 Å². The summed E-state index contributed by atoms with van der Waals surface area (Å²) < 4.78 is 0. The molecule has 1 aliphatic carbocycles. The summed E-state index contributed by atoms with van der Waals surface area (Å²) in [5, 5.41) is 0.736. The fourth-order valence-corrected chi connectivity index (χ4v) is 3.28. The number of hydrogen-bond acceptors (Lipinski definition) is 4. The van der Waals surface area contributed by atoms with Crippen LogP contribution in [0, 0.1) is 0 Å². The molecule has 0 radical (unpaired) electrons. The molecule has 2 heterocycles. The second-order valence-corrected chi connectivity index (χ2v) is 6.80. The number of rotatable bonds is 3. The zero-order valence-electron chi connectivity index (χ0n) is 13.4. The number of piperazine rings is 1. The quantitative estimate of drug-likeness (QED) is 0.860. The summed E-state index contributed by atoms with van der Waals surface area (Å²) >= 11 is 6.06. The van der Waals surface area contributed by atoms with Crippen molar-refractivity contribution in [2.24, 2.45) is 0 Å². The minimum Gasteiger partial charge on any atom is -0.368 e. The first kappa shape index (κ1) is 15.4. The molecule has 6 heteroatoms. The van der Waals surface area contributed by atoms with Crippen molar-refractivity contribution in [1.82, 2.24) is 14.9 Å². The summed E-state index contributed by atoms with van der Waals surface area (Å²) in [5.41, 5.74) is 2.63. The van der Waals surface area contributed by atoms with Gasteiger partial charge in [0.25, 0.3) is 5.91 Å². The van der Waals surface area contributed by atoms with E-state index in [9.17, 15) is 4.79 Å². The minimum absolute atomic E-state index is 0.00467. The van der Waals surface area contributed by atoms with Crippen molar-refractivity contribution in [3.63, 3.8) is 0 Å². The van der Waals surface area contributed by atoms with Crippen LogP contribution in [-0.4, -0.2) is 47.0 Å². The van der Waals surface area contributed by atoms with Crippen molar-refractivity contribution in [3.05, 3.63) is 53.1 Å². The number of carbonyl (C=O) groups is 1. The second kappa shape index (κ2) is 6.40. The molecular formula is C18H19ClN4O. The first-order chi connectivity index (χ1) is 11.7. The minimum atomic E-state index is 0.00467. The van der Waals surface area contributed by atoms with Crippen LogP contribution in [0.1, 0.15) is 34.9 Å². The fourth-order valence-electron chi connectivity index (χ4n) is 3.09. The summed E-state index contributed by atoms with van der Waals surface area (Å²) in [6.45, 7) is 2.97. The van der Waals surface area contributed by atoms with E-state index in [4.69, 9.17) is 11.6 Å². The van der Waals surface area contributed by atoms with Gasteiger partial charge in [0.2, 0.25) is 0 Å². The molecule has 2 aromatic rings. The summed E-state index contributed by atoms with van der Waals surface area (Å²) in [6, 6.07) is 9.71. The van der Waals surface area contributed by atoms with Gasteiger partial charge in [-0.1, -0.05) is 17.7 Å². The molecule has 2 aliphatic rings. The molecule has 1 aromatic carbocycles. The van der Waals surface area contributed by atoms with Gasteiger partial charge in [-0.05, 0) is 37.1 Å². The Balaban J connectivity index is 1.42. The Morgan fingerprint density at radius 1 is 1.08 bits per heavy atom. The Kier molecular flexibility index (Phi) is 4.10. The molecule has 4 rings (SSSR count). The van der Waals surface area contributed by atoms with E-state index in [1.165, 1.54) is 19.2 Å². The molecule has 1 amide bonds. The van der Waals surface area contributed by atoms with Gasteiger partial charge in [-0.15, -0.1) is 0 Å². The molecule has 1 saturated heterocycles. The van der Waals surface area contributed by atoms with Gasteiger partial charge < -0.3 is 9.80 Å². The van der Waals surface area contributed by atoms with Gasteiger partial charge in [0.15, 0.2) is 0 Å². The summed E-state index contributed by atoms with van der Waals surface area (Å²) in [6.07, 6.45) is 3.86. The van der Waals surface area contributed by atoms with Gasteiger partial charge in [0, 0.05) is 48.5 Å². The molecular weight excluding hydrogens is 324 g/mol. The summed E-state index contributed by atoms with van der Waals surface area (Å²) in [7, 11) is 0. The summed E-state index contributed by atoms with van der Waals surface area (Å²) in [5.74, 6) is 0.532. The van der Waals surface area contributed by atoms with Crippen LogP contribution in [0.3, 0.4) is 0 Å². The van der Waals surface area contributed by atoms with E-state index in [2.05, 4.69) is 20.9 Å². The average molecular weight is 343 g/mol. The highest BCUT2D eigenvalue weighted by Gasteiger charge is 2.28. The lowest BCUT2D eigenvalue weighted by atomic mass is 10.2. The lowest BCUT2D eigenvalue weighted by Crippen LogP contribution is -2.49. The lowest BCUT2D eigenvalue weighted by molar-refractivity contribution is 0.0740. The third-order valence-electron chi connectivity index (χ3n) is 4.64. The van der Waals surface area contributed by atoms with E-state index in [1.807, 2.05) is 29.2 Å². The van der Waals surface area contributed by atoms with Crippen molar-refractivity contribution >= 4 is 23.2 Å². The van der Waals surface area contributed by atoms with Crippen LogP contribution in [0.5, 0.6) is 0 Å². The van der Waals surface area contributed by atoms with Crippen LogP contribution < -0.4 is 4.90 Å². The standard InChI is InChI=1S/C18H19ClN4O/c19-14-2-1-3-15(10-14)22-6-8-23(9-7-22)18(24)17-11-16(13-4-5-13)20-12-21-17/h1-3,10-13H,4-9H2. The van der Waals surface area contributed by atoms with Gasteiger partial charge in [-0.2, -0.15) is 0 Å². The lowest BCUT2D eigenvalue weighted by Gasteiger charge is -2.36. The van der Waals surface area contributed by atoms with E-state index in [0.717, 1.165) is 29.5 Å². The zero-order valence-corrected chi connectivity index (χ0v) is 14.1.